The third kappa shape index (κ3) is 3.32. The van der Waals surface area contributed by atoms with Crippen LogP contribution in [0, 0.1) is 6.92 Å². The quantitative estimate of drug-likeness (QED) is 0.499. The molecule has 0 radical (unpaired) electrons. The van der Waals surface area contributed by atoms with Crippen LogP contribution in [0.25, 0.3) is 5.57 Å². The number of aromatic nitrogens is 1. The number of aryl methyl sites for hydroxylation is 1. The Kier molecular flexibility index (Phi) is 4.63. The second-order valence-electron chi connectivity index (χ2n) is 11.6. The van der Waals surface area contributed by atoms with Gasteiger partial charge >= 0.3 is 0 Å². The van der Waals surface area contributed by atoms with Gasteiger partial charge in [-0.15, -0.1) is 0 Å². The summed E-state index contributed by atoms with van der Waals surface area (Å²) in [5.41, 5.74) is 11.7. The molecule has 5 rings (SSSR count). The van der Waals surface area contributed by atoms with E-state index in [1.165, 1.54) is 65.6 Å². The molecule has 0 saturated heterocycles. The fraction of sp³-hybridized carbons (Fsp3) is 0.500. The molecule has 0 N–H and O–H groups in total. The fourth-order valence-corrected chi connectivity index (χ4v) is 6.03. The molecule has 0 amide bonds. The summed E-state index contributed by atoms with van der Waals surface area (Å²) in [4.78, 5) is 5.04. The number of hydrogen-bond acceptors (Lipinski definition) is 1. The molecule has 3 aliphatic rings. The molecular formula is C30H37N. The molecular weight excluding hydrogens is 374 g/mol. The van der Waals surface area contributed by atoms with Gasteiger partial charge in [-0.25, -0.2) is 0 Å². The highest BCUT2D eigenvalue weighted by molar-refractivity contribution is 5.78. The van der Waals surface area contributed by atoms with Crippen LogP contribution in [0.15, 0.2) is 48.7 Å². The highest BCUT2D eigenvalue weighted by Gasteiger charge is 2.49. The average Bonchev–Trinajstić information content (AvgIpc) is 3.54. The van der Waals surface area contributed by atoms with Crippen molar-refractivity contribution in [3.63, 3.8) is 0 Å². The van der Waals surface area contributed by atoms with Crippen molar-refractivity contribution in [3.8, 4) is 0 Å². The van der Waals surface area contributed by atoms with E-state index in [0.29, 0.717) is 0 Å². The molecule has 31 heavy (non-hydrogen) atoms. The van der Waals surface area contributed by atoms with Gasteiger partial charge < -0.3 is 0 Å². The smallest absolute Gasteiger partial charge is 0.0509 e. The van der Waals surface area contributed by atoms with E-state index in [2.05, 4.69) is 77.7 Å². The molecule has 162 valence electrons. The topological polar surface area (TPSA) is 12.9 Å². The minimum Gasteiger partial charge on any atom is -0.260 e. The molecule has 1 heteroatoms. The normalized spacial score (nSPS) is 23.1. The maximum absolute atomic E-state index is 5.04. The molecule has 1 heterocycles. The molecule has 1 saturated carbocycles. The lowest BCUT2D eigenvalue weighted by molar-refractivity contribution is 0.331. The Morgan fingerprint density at radius 3 is 2.13 bits per heavy atom. The van der Waals surface area contributed by atoms with Crippen molar-refractivity contribution in [3.05, 3.63) is 82.2 Å². The minimum atomic E-state index is 0.104. The van der Waals surface area contributed by atoms with Gasteiger partial charge in [0.15, 0.2) is 0 Å². The van der Waals surface area contributed by atoms with Crippen molar-refractivity contribution in [2.45, 2.75) is 95.8 Å². The molecule has 1 aromatic heterocycles. The zero-order valence-electron chi connectivity index (χ0n) is 20.1. The molecule has 1 nitrogen and oxygen atoms in total. The lowest BCUT2D eigenvalue weighted by Crippen LogP contribution is -2.34. The van der Waals surface area contributed by atoms with Crippen LogP contribution in [-0.2, 0) is 16.2 Å². The van der Waals surface area contributed by atoms with Gasteiger partial charge in [0.1, 0.15) is 0 Å². The largest absolute Gasteiger partial charge is 0.260 e. The summed E-state index contributed by atoms with van der Waals surface area (Å²) in [6.45, 7) is 16.3. The molecule has 0 unspecified atom stereocenters. The summed E-state index contributed by atoms with van der Waals surface area (Å²) in [6.07, 6.45) is 12.9. The van der Waals surface area contributed by atoms with E-state index in [-0.39, 0.29) is 16.2 Å². The zero-order chi connectivity index (χ0) is 22.0. The van der Waals surface area contributed by atoms with E-state index in [0.717, 1.165) is 12.8 Å². The molecule has 1 aromatic carbocycles. The summed E-state index contributed by atoms with van der Waals surface area (Å²) in [6, 6.07) is 9.65. The van der Waals surface area contributed by atoms with Crippen LogP contribution in [0.5, 0.6) is 0 Å². The highest BCUT2D eigenvalue weighted by atomic mass is 14.7. The standard InChI is InChI=1S/C30H37N/c1-20-9-7-8-10-23(20)22-11-12-27(31-19-22)30(15-16-30)24-18-26-25(17-21(24)2)28(3,4)13-14-29(26,5)6/h10-12,17-19H,1,7-9,13-16H2,2-6H3. The average molecular weight is 412 g/mol. The van der Waals surface area contributed by atoms with Gasteiger partial charge in [0.2, 0.25) is 0 Å². The maximum atomic E-state index is 5.04. The first kappa shape index (κ1) is 20.7. The van der Waals surface area contributed by atoms with Gasteiger partial charge in [-0.05, 0) is 108 Å². The number of benzene rings is 1. The van der Waals surface area contributed by atoms with E-state index >= 15 is 0 Å². The summed E-state index contributed by atoms with van der Waals surface area (Å²) in [7, 11) is 0. The predicted molar refractivity (Wildman–Crippen MR) is 132 cm³/mol. The molecule has 1 fully saturated rings. The van der Waals surface area contributed by atoms with Gasteiger partial charge in [-0.2, -0.15) is 0 Å². The number of rotatable bonds is 3. The summed E-state index contributed by atoms with van der Waals surface area (Å²) >= 11 is 0. The van der Waals surface area contributed by atoms with Crippen molar-refractivity contribution in [2.24, 2.45) is 0 Å². The van der Waals surface area contributed by atoms with Crippen LogP contribution in [0.2, 0.25) is 0 Å². The zero-order valence-corrected chi connectivity index (χ0v) is 20.1. The van der Waals surface area contributed by atoms with Crippen LogP contribution >= 0.6 is 0 Å². The van der Waals surface area contributed by atoms with E-state index in [1.54, 1.807) is 11.1 Å². The van der Waals surface area contributed by atoms with Crippen LogP contribution in [0.1, 0.15) is 106 Å². The molecule has 0 aliphatic heterocycles. The van der Waals surface area contributed by atoms with Gasteiger partial charge in [0.05, 0.1) is 5.69 Å². The van der Waals surface area contributed by atoms with Crippen molar-refractivity contribution >= 4 is 5.57 Å². The van der Waals surface area contributed by atoms with Gasteiger partial charge in [-0.1, -0.05) is 58.5 Å². The summed E-state index contributed by atoms with van der Waals surface area (Å²) in [5.74, 6) is 0. The van der Waals surface area contributed by atoms with Crippen LogP contribution in [0.3, 0.4) is 0 Å². The van der Waals surface area contributed by atoms with E-state index < -0.39 is 0 Å². The van der Waals surface area contributed by atoms with Crippen molar-refractivity contribution < 1.29 is 0 Å². The molecule has 0 atom stereocenters. The Balaban J connectivity index is 1.55. The molecule has 3 aliphatic carbocycles. The SMILES string of the molecule is C=C1CCCC=C1c1ccc(C2(c3cc4c(cc3C)C(C)(C)CCC4(C)C)CC2)nc1. The predicted octanol–water partition coefficient (Wildman–Crippen LogP) is 7.94. The van der Waals surface area contributed by atoms with Crippen molar-refractivity contribution in [2.75, 3.05) is 0 Å². The van der Waals surface area contributed by atoms with Gasteiger partial charge in [0, 0.05) is 11.6 Å². The van der Waals surface area contributed by atoms with Crippen LogP contribution in [-0.4, -0.2) is 4.98 Å². The lowest BCUT2D eigenvalue weighted by atomic mass is 9.62. The van der Waals surface area contributed by atoms with Crippen LogP contribution < -0.4 is 0 Å². The summed E-state index contributed by atoms with van der Waals surface area (Å²) < 4.78 is 0. The number of nitrogens with zero attached hydrogens (tertiary/aromatic N) is 1. The van der Waals surface area contributed by atoms with E-state index in [9.17, 15) is 0 Å². The number of hydrogen-bond donors (Lipinski definition) is 0. The van der Waals surface area contributed by atoms with Crippen molar-refractivity contribution in [1.82, 2.24) is 4.98 Å². The van der Waals surface area contributed by atoms with Gasteiger partial charge in [-0.3, -0.25) is 4.98 Å². The first-order valence-corrected chi connectivity index (χ1v) is 12.2. The first-order chi connectivity index (χ1) is 14.6. The Hall–Kier alpha value is -2.15. The summed E-state index contributed by atoms with van der Waals surface area (Å²) in [5, 5.41) is 0. The Labute approximate surface area is 188 Å². The van der Waals surface area contributed by atoms with E-state index in [4.69, 9.17) is 4.98 Å². The number of pyridine rings is 1. The highest BCUT2D eigenvalue weighted by Crippen LogP contribution is 2.56. The van der Waals surface area contributed by atoms with Gasteiger partial charge in [0.25, 0.3) is 0 Å². The molecule has 0 spiro atoms. The molecule has 0 bridgehead atoms. The number of fused-ring (bicyclic) bond motifs is 1. The first-order valence-electron chi connectivity index (χ1n) is 12.2. The Bertz CT molecular complexity index is 1070. The maximum Gasteiger partial charge on any atom is 0.0509 e. The Morgan fingerprint density at radius 2 is 1.55 bits per heavy atom. The van der Waals surface area contributed by atoms with Crippen LogP contribution in [0.4, 0.5) is 0 Å². The fourth-order valence-electron chi connectivity index (χ4n) is 6.03. The molecule has 2 aromatic rings. The third-order valence-corrected chi connectivity index (χ3v) is 8.44. The number of allylic oxidation sites excluding steroid dienone is 3. The Morgan fingerprint density at radius 1 is 0.871 bits per heavy atom. The second-order valence-corrected chi connectivity index (χ2v) is 11.6. The monoisotopic (exact) mass is 411 g/mol. The van der Waals surface area contributed by atoms with Crippen molar-refractivity contribution in [1.29, 1.82) is 0 Å². The lowest BCUT2D eigenvalue weighted by Gasteiger charge is -2.43. The van der Waals surface area contributed by atoms with E-state index in [1.807, 2.05) is 0 Å². The third-order valence-electron chi connectivity index (χ3n) is 8.44. The minimum absolute atomic E-state index is 0.104. The second kappa shape index (κ2) is 6.92.